The van der Waals surface area contributed by atoms with Gasteiger partial charge in [0.2, 0.25) is 5.91 Å². The lowest BCUT2D eigenvalue weighted by Gasteiger charge is -2.53. The van der Waals surface area contributed by atoms with E-state index in [1.807, 2.05) is 0 Å². The molecule has 0 N–H and O–H groups in total. The number of amides is 1. The predicted octanol–water partition coefficient (Wildman–Crippen LogP) is 10.2. The van der Waals surface area contributed by atoms with Crippen LogP contribution in [0, 0.1) is 34.5 Å². The lowest BCUT2D eigenvalue weighted by atomic mass is 9.52. The van der Waals surface area contributed by atoms with Crippen LogP contribution in [0.3, 0.4) is 0 Å². The molecule has 0 radical (unpaired) electrons. The maximum absolute atomic E-state index is 13.1. The molecule has 0 aromatic carbocycles. The molecule has 2 nitrogen and oxygen atoms in total. The fourth-order valence-electron chi connectivity index (χ4n) is 8.91. The van der Waals surface area contributed by atoms with Crippen molar-refractivity contribution >= 4 is 28.5 Å². The highest BCUT2D eigenvalue weighted by molar-refractivity contribution is 14.1. The fourth-order valence-corrected chi connectivity index (χ4v) is 9.66. The van der Waals surface area contributed by atoms with Crippen molar-refractivity contribution in [1.82, 2.24) is 4.90 Å². The summed E-state index contributed by atoms with van der Waals surface area (Å²) in [5.74, 6) is 4.17. The molecule has 0 aromatic rings. The Morgan fingerprint density at radius 3 is 2.08 bits per heavy atom. The van der Waals surface area contributed by atoms with E-state index >= 15 is 0 Å². The minimum atomic E-state index is 0.442. The van der Waals surface area contributed by atoms with Crippen LogP contribution < -0.4 is 0 Å². The van der Waals surface area contributed by atoms with Crippen LogP contribution in [0.25, 0.3) is 0 Å². The average molecular weight is 614 g/mol. The van der Waals surface area contributed by atoms with E-state index in [2.05, 4.69) is 55.2 Å². The normalized spacial score (nSPS) is 34.5. The molecule has 0 heterocycles. The summed E-state index contributed by atoms with van der Waals surface area (Å²) in [6.45, 7) is 11.8. The summed E-state index contributed by atoms with van der Waals surface area (Å²) in [4.78, 5) is 15.3. The Bertz CT molecular complexity index is 640. The molecule has 3 unspecified atom stereocenters. The maximum Gasteiger partial charge on any atom is 0.222 e. The lowest BCUT2D eigenvalue weighted by molar-refractivity contribution is -0.131. The molecule has 36 heavy (non-hydrogen) atoms. The van der Waals surface area contributed by atoms with Crippen molar-refractivity contribution in [2.24, 2.45) is 34.5 Å². The minimum Gasteiger partial charge on any atom is -0.343 e. The standard InChI is InChI=1S/C33H60INO/c1-5-7-11-24-35(25-12-8-6-2)31(36)16-13-15-27-17-18-29-26-30(19-22-33(27,29)4)32(3)21-10-9-14-28(32)20-23-34/h27-30H,5-26H2,1-4H3/t27-,28?,29?,30?,32-,33+/m0/s1. The van der Waals surface area contributed by atoms with Gasteiger partial charge in [0.05, 0.1) is 0 Å². The van der Waals surface area contributed by atoms with Crippen LogP contribution >= 0.6 is 22.6 Å². The minimum absolute atomic E-state index is 0.442. The molecule has 3 heteroatoms. The molecule has 1 amide bonds. The highest BCUT2D eigenvalue weighted by Gasteiger charge is 2.53. The summed E-state index contributed by atoms with van der Waals surface area (Å²) < 4.78 is 1.33. The molecular weight excluding hydrogens is 553 g/mol. The molecule has 210 valence electrons. The Hall–Kier alpha value is 0.200. The van der Waals surface area contributed by atoms with Crippen LogP contribution in [0.4, 0.5) is 0 Å². The van der Waals surface area contributed by atoms with E-state index in [4.69, 9.17) is 0 Å². The van der Waals surface area contributed by atoms with Gasteiger partial charge in [-0.15, -0.1) is 0 Å². The second-order valence-electron chi connectivity index (χ2n) is 13.6. The lowest BCUT2D eigenvalue weighted by Crippen LogP contribution is -2.44. The zero-order valence-electron chi connectivity index (χ0n) is 24.6. The van der Waals surface area contributed by atoms with Crippen LogP contribution in [0.5, 0.6) is 0 Å². The number of carbonyl (C=O) groups excluding carboxylic acids is 1. The van der Waals surface area contributed by atoms with Crippen LogP contribution in [-0.2, 0) is 4.79 Å². The van der Waals surface area contributed by atoms with Crippen LogP contribution in [0.15, 0.2) is 0 Å². The second-order valence-corrected chi connectivity index (χ2v) is 14.6. The zero-order chi connectivity index (χ0) is 26.0. The molecule has 3 aliphatic rings. The third-order valence-corrected chi connectivity index (χ3v) is 12.2. The summed E-state index contributed by atoms with van der Waals surface area (Å²) in [7, 11) is 0. The molecule has 0 bridgehead atoms. The number of fused-ring (bicyclic) bond motifs is 1. The molecule has 0 saturated heterocycles. The Kier molecular flexibility index (Phi) is 12.9. The molecule has 3 aliphatic carbocycles. The van der Waals surface area contributed by atoms with Gasteiger partial charge in [-0.25, -0.2) is 0 Å². The first-order chi connectivity index (χ1) is 17.4. The highest BCUT2D eigenvalue weighted by atomic mass is 127. The molecule has 0 spiro atoms. The van der Waals surface area contributed by atoms with Crippen molar-refractivity contribution in [3.05, 3.63) is 0 Å². The zero-order valence-corrected chi connectivity index (χ0v) is 26.8. The quantitative estimate of drug-likeness (QED) is 0.102. The van der Waals surface area contributed by atoms with Crippen molar-refractivity contribution < 1.29 is 4.79 Å². The summed E-state index contributed by atoms with van der Waals surface area (Å²) in [5.41, 5.74) is 1.15. The largest absolute Gasteiger partial charge is 0.343 e. The third kappa shape index (κ3) is 7.65. The molecule has 6 atom stereocenters. The number of rotatable bonds is 15. The van der Waals surface area contributed by atoms with Crippen LogP contribution in [0.2, 0.25) is 0 Å². The number of hydrogen-bond donors (Lipinski definition) is 0. The number of halogens is 1. The second kappa shape index (κ2) is 15.1. The molecule has 3 saturated carbocycles. The van der Waals surface area contributed by atoms with Crippen LogP contribution in [0.1, 0.15) is 150 Å². The van der Waals surface area contributed by atoms with E-state index in [-0.39, 0.29) is 0 Å². The van der Waals surface area contributed by atoms with Gasteiger partial charge in [-0.2, -0.15) is 0 Å². The van der Waals surface area contributed by atoms with E-state index in [1.165, 1.54) is 114 Å². The van der Waals surface area contributed by atoms with E-state index < -0.39 is 0 Å². The molecule has 0 aliphatic heterocycles. The molecule has 3 fully saturated rings. The van der Waals surface area contributed by atoms with Gasteiger partial charge in [-0.3, -0.25) is 4.79 Å². The van der Waals surface area contributed by atoms with Crippen LogP contribution in [-0.4, -0.2) is 28.3 Å². The fraction of sp³-hybridized carbons (Fsp3) is 0.970. The number of hydrogen-bond acceptors (Lipinski definition) is 1. The number of unbranched alkanes of at least 4 members (excludes halogenated alkanes) is 4. The van der Waals surface area contributed by atoms with Gasteiger partial charge < -0.3 is 4.90 Å². The van der Waals surface area contributed by atoms with E-state index in [1.54, 1.807) is 0 Å². The van der Waals surface area contributed by atoms with Gasteiger partial charge in [0.15, 0.2) is 0 Å². The van der Waals surface area contributed by atoms with Crippen molar-refractivity contribution in [3.8, 4) is 0 Å². The summed E-state index contributed by atoms with van der Waals surface area (Å²) in [6, 6.07) is 0. The number of alkyl halides is 1. The average Bonchev–Trinajstić information content (AvgIpc) is 3.20. The SMILES string of the molecule is CCCCCN(CCCCC)C(=O)CCC[C@H]1CCC2CC([C@@]3(C)CCCCC3CCI)CC[C@@]21C. The monoisotopic (exact) mass is 613 g/mol. The highest BCUT2D eigenvalue weighted by Crippen LogP contribution is 2.62. The molecule has 3 rings (SSSR count). The molecule has 0 aromatic heterocycles. The van der Waals surface area contributed by atoms with E-state index in [9.17, 15) is 4.79 Å². The third-order valence-electron chi connectivity index (χ3n) is 11.5. The first-order valence-corrected chi connectivity index (χ1v) is 17.7. The number of nitrogens with zero attached hydrogens (tertiary/aromatic N) is 1. The topological polar surface area (TPSA) is 20.3 Å². The van der Waals surface area contributed by atoms with Gasteiger partial charge in [-0.1, -0.05) is 88.8 Å². The Morgan fingerprint density at radius 2 is 1.42 bits per heavy atom. The Morgan fingerprint density at radius 1 is 0.778 bits per heavy atom. The number of carbonyl (C=O) groups is 1. The van der Waals surface area contributed by atoms with E-state index in [0.29, 0.717) is 16.7 Å². The summed E-state index contributed by atoms with van der Waals surface area (Å²) >= 11 is 2.62. The smallest absolute Gasteiger partial charge is 0.222 e. The Labute approximate surface area is 239 Å². The van der Waals surface area contributed by atoms with Crippen molar-refractivity contribution in [3.63, 3.8) is 0 Å². The first-order valence-electron chi connectivity index (χ1n) is 16.2. The Balaban J connectivity index is 1.50. The van der Waals surface area contributed by atoms with Gasteiger partial charge >= 0.3 is 0 Å². The van der Waals surface area contributed by atoms with Crippen molar-refractivity contribution in [2.45, 2.75) is 150 Å². The maximum atomic E-state index is 13.1. The van der Waals surface area contributed by atoms with Crippen molar-refractivity contribution in [1.29, 1.82) is 0 Å². The van der Waals surface area contributed by atoms with Gasteiger partial charge in [0.1, 0.15) is 0 Å². The molecular formula is C33H60INO. The van der Waals surface area contributed by atoms with Gasteiger partial charge in [-0.05, 0) is 116 Å². The predicted molar refractivity (Wildman–Crippen MR) is 165 cm³/mol. The summed E-state index contributed by atoms with van der Waals surface area (Å²) in [5, 5.41) is 0. The first kappa shape index (κ1) is 30.7. The van der Waals surface area contributed by atoms with Crippen molar-refractivity contribution in [2.75, 3.05) is 17.5 Å². The summed E-state index contributed by atoms with van der Waals surface area (Å²) in [6.07, 6.45) is 25.2. The van der Waals surface area contributed by atoms with E-state index in [0.717, 1.165) is 49.6 Å². The van der Waals surface area contributed by atoms with Gasteiger partial charge in [0, 0.05) is 19.5 Å². The van der Waals surface area contributed by atoms with Gasteiger partial charge in [0.25, 0.3) is 0 Å².